The first kappa shape index (κ1) is 11.5. The molecule has 17 heavy (non-hydrogen) atoms. The zero-order chi connectivity index (χ0) is 12.3. The van der Waals surface area contributed by atoms with Gasteiger partial charge < -0.3 is 9.84 Å². The molecule has 1 heterocycles. The van der Waals surface area contributed by atoms with Gasteiger partial charge in [-0.15, -0.1) is 11.3 Å². The van der Waals surface area contributed by atoms with Crippen LogP contribution >= 0.6 is 11.3 Å². The molecule has 0 spiro atoms. The number of aromatic carboxylic acids is 1. The van der Waals surface area contributed by atoms with Crippen LogP contribution in [0.2, 0.25) is 0 Å². The molecule has 2 aromatic rings. The van der Waals surface area contributed by atoms with Gasteiger partial charge in [-0.1, -0.05) is 6.07 Å². The van der Waals surface area contributed by atoms with Crippen LogP contribution in [0.15, 0.2) is 29.6 Å². The molecular weight excluding hydrogens is 245 g/mol. The fourth-order valence-corrected chi connectivity index (χ4v) is 1.82. The third-order valence-corrected chi connectivity index (χ3v) is 2.80. The van der Waals surface area contributed by atoms with Crippen molar-refractivity contribution in [1.82, 2.24) is 4.98 Å². The van der Waals surface area contributed by atoms with E-state index in [4.69, 9.17) is 9.84 Å². The van der Waals surface area contributed by atoms with Gasteiger partial charge in [0.15, 0.2) is 0 Å². The molecule has 0 fully saturated rings. The molecule has 1 aromatic heterocycles. The molecular formula is C11H8FNO3S. The van der Waals surface area contributed by atoms with Crippen LogP contribution in [-0.4, -0.2) is 16.1 Å². The van der Waals surface area contributed by atoms with Crippen molar-refractivity contribution in [3.63, 3.8) is 0 Å². The summed E-state index contributed by atoms with van der Waals surface area (Å²) in [6.07, 6.45) is 0. The lowest BCUT2D eigenvalue weighted by molar-refractivity contribution is 0.0696. The molecule has 0 atom stereocenters. The lowest BCUT2D eigenvalue weighted by atomic mass is 10.3. The van der Waals surface area contributed by atoms with Crippen molar-refractivity contribution in [3.05, 3.63) is 46.2 Å². The Bertz CT molecular complexity index is 541. The van der Waals surface area contributed by atoms with Gasteiger partial charge in [-0.3, -0.25) is 0 Å². The van der Waals surface area contributed by atoms with Crippen LogP contribution in [0.1, 0.15) is 15.5 Å². The third kappa shape index (κ3) is 3.01. The number of benzene rings is 1. The summed E-state index contributed by atoms with van der Waals surface area (Å²) in [5.74, 6) is -1.06. The molecule has 88 valence electrons. The Morgan fingerprint density at radius 3 is 3.00 bits per heavy atom. The Balaban J connectivity index is 2.00. The number of carbonyl (C=O) groups is 1. The van der Waals surface area contributed by atoms with Crippen LogP contribution in [0.4, 0.5) is 4.39 Å². The minimum absolute atomic E-state index is 0.0165. The molecule has 1 aromatic carbocycles. The van der Waals surface area contributed by atoms with Gasteiger partial charge in [0, 0.05) is 11.4 Å². The second kappa shape index (κ2) is 4.92. The number of carboxylic acid groups (broad SMARTS) is 1. The van der Waals surface area contributed by atoms with Gasteiger partial charge in [-0.05, 0) is 12.1 Å². The molecule has 0 aliphatic rings. The number of thiazole rings is 1. The fourth-order valence-electron chi connectivity index (χ4n) is 1.19. The van der Waals surface area contributed by atoms with Crippen LogP contribution in [0.5, 0.6) is 5.75 Å². The predicted molar refractivity (Wildman–Crippen MR) is 59.8 cm³/mol. The zero-order valence-corrected chi connectivity index (χ0v) is 9.41. The van der Waals surface area contributed by atoms with Gasteiger partial charge >= 0.3 is 5.97 Å². The number of carboxylic acids is 1. The van der Waals surface area contributed by atoms with Gasteiger partial charge in [0.05, 0.1) is 5.69 Å². The van der Waals surface area contributed by atoms with E-state index in [1.807, 2.05) is 0 Å². The van der Waals surface area contributed by atoms with Crippen molar-refractivity contribution in [2.24, 2.45) is 0 Å². The van der Waals surface area contributed by atoms with E-state index >= 15 is 0 Å². The molecule has 0 aliphatic heterocycles. The second-order valence-electron chi connectivity index (χ2n) is 3.20. The molecule has 0 saturated carbocycles. The first-order valence-electron chi connectivity index (χ1n) is 4.71. The summed E-state index contributed by atoms with van der Waals surface area (Å²) in [7, 11) is 0. The molecule has 0 radical (unpaired) electrons. The highest BCUT2D eigenvalue weighted by Gasteiger charge is 2.09. The van der Waals surface area contributed by atoms with Gasteiger partial charge in [-0.25, -0.2) is 14.2 Å². The van der Waals surface area contributed by atoms with Crippen molar-refractivity contribution in [2.75, 3.05) is 0 Å². The van der Waals surface area contributed by atoms with E-state index in [9.17, 15) is 9.18 Å². The summed E-state index contributed by atoms with van der Waals surface area (Å²) >= 11 is 1.03. The number of ether oxygens (including phenoxy) is 1. The summed E-state index contributed by atoms with van der Waals surface area (Å²) in [6, 6.07) is 5.73. The van der Waals surface area contributed by atoms with Crippen molar-refractivity contribution >= 4 is 17.3 Å². The maximum Gasteiger partial charge on any atom is 0.365 e. The van der Waals surface area contributed by atoms with Gasteiger partial charge in [-0.2, -0.15) is 0 Å². The molecule has 2 rings (SSSR count). The molecule has 0 aliphatic carbocycles. The monoisotopic (exact) mass is 253 g/mol. The summed E-state index contributed by atoms with van der Waals surface area (Å²) in [5, 5.41) is 10.3. The quantitative estimate of drug-likeness (QED) is 0.909. The molecule has 1 N–H and O–H groups in total. The van der Waals surface area contributed by atoms with Crippen LogP contribution in [-0.2, 0) is 6.61 Å². The number of rotatable bonds is 4. The highest BCUT2D eigenvalue weighted by molar-refractivity contribution is 7.11. The predicted octanol–water partition coefficient (Wildman–Crippen LogP) is 2.56. The maximum absolute atomic E-state index is 12.8. The van der Waals surface area contributed by atoms with E-state index in [1.165, 1.54) is 18.2 Å². The first-order valence-corrected chi connectivity index (χ1v) is 5.59. The Labute approximate surface area is 100 Å². The molecule has 0 bridgehead atoms. The molecule has 6 heteroatoms. The summed E-state index contributed by atoms with van der Waals surface area (Å²) in [6.45, 7) is 0.118. The van der Waals surface area contributed by atoms with Crippen molar-refractivity contribution in [1.29, 1.82) is 0 Å². The van der Waals surface area contributed by atoms with Gasteiger partial charge in [0.2, 0.25) is 5.01 Å². The SMILES string of the molecule is O=C(O)c1nc(COc2cccc(F)c2)cs1. The Morgan fingerprint density at radius 2 is 2.35 bits per heavy atom. The molecule has 0 saturated heterocycles. The standard InChI is InChI=1S/C11H8FNO3S/c12-7-2-1-3-9(4-7)16-5-8-6-17-10(13-8)11(14)15/h1-4,6H,5H2,(H,14,15). The van der Waals surface area contributed by atoms with E-state index in [2.05, 4.69) is 4.98 Å². The van der Waals surface area contributed by atoms with E-state index in [1.54, 1.807) is 11.4 Å². The summed E-state index contributed by atoms with van der Waals surface area (Å²) in [4.78, 5) is 14.4. The van der Waals surface area contributed by atoms with E-state index < -0.39 is 5.97 Å². The van der Waals surface area contributed by atoms with Crippen LogP contribution in [0.25, 0.3) is 0 Å². The lowest BCUT2D eigenvalue weighted by Crippen LogP contribution is -1.99. The Hall–Kier alpha value is -1.95. The summed E-state index contributed by atoms with van der Waals surface area (Å²) < 4.78 is 18.1. The minimum atomic E-state index is -1.06. The smallest absolute Gasteiger partial charge is 0.365 e. The van der Waals surface area contributed by atoms with Crippen molar-refractivity contribution < 1.29 is 19.0 Å². The number of aromatic nitrogens is 1. The van der Waals surface area contributed by atoms with Crippen LogP contribution in [0.3, 0.4) is 0 Å². The molecule has 0 amide bonds. The first-order chi connectivity index (χ1) is 8.15. The Morgan fingerprint density at radius 1 is 1.53 bits per heavy atom. The fraction of sp³-hybridized carbons (Fsp3) is 0.0909. The highest BCUT2D eigenvalue weighted by atomic mass is 32.1. The van der Waals surface area contributed by atoms with Gasteiger partial charge in [0.1, 0.15) is 18.2 Å². The average Bonchev–Trinajstić information content (AvgIpc) is 2.75. The third-order valence-electron chi connectivity index (χ3n) is 1.92. The van der Waals surface area contributed by atoms with E-state index in [-0.39, 0.29) is 17.4 Å². The summed E-state index contributed by atoms with van der Waals surface area (Å²) in [5.41, 5.74) is 0.511. The second-order valence-corrected chi connectivity index (χ2v) is 4.05. The van der Waals surface area contributed by atoms with E-state index in [0.717, 1.165) is 11.3 Å². The number of halogens is 1. The highest BCUT2D eigenvalue weighted by Crippen LogP contribution is 2.15. The van der Waals surface area contributed by atoms with Crippen molar-refractivity contribution in [3.8, 4) is 5.75 Å². The average molecular weight is 253 g/mol. The zero-order valence-electron chi connectivity index (χ0n) is 8.59. The van der Waals surface area contributed by atoms with Gasteiger partial charge in [0.25, 0.3) is 0 Å². The maximum atomic E-state index is 12.8. The Kier molecular flexibility index (Phi) is 3.34. The van der Waals surface area contributed by atoms with Crippen molar-refractivity contribution in [2.45, 2.75) is 6.61 Å². The molecule has 4 nitrogen and oxygen atoms in total. The topological polar surface area (TPSA) is 59.4 Å². The number of hydrogen-bond acceptors (Lipinski definition) is 4. The van der Waals surface area contributed by atoms with E-state index in [0.29, 0.717) is 11.4 Å². The van der Waals surface area contributed by atoms with Crippen LogP contribution in [0, 0.1) is 5.82 Å². The molecule has 0 unspecified atom stereocenters. The minimum Gasteiger partial charge on any atom is -0.487 e. The number of hydrogen-bond donors (Lipinski definition) is 1. The van der Waals surface area contributed by atoms with Crippen LogP contribution < -0.4 is 4.74 Å². The lowest BCUT2D eigenvalue weighted by Gasteiger charge is -2.03. The normalized spacial score (nSPS) is 10.2. The largest absolute Gasteiger partial charge is 0.487 e. The number of nitrogens with zero attached hydrogens (tertiary/aromatic N) is 1.